The molecule has 0 bridgehead atoms. The summed E-state index contributed by atoms with van der Waals surface area (Å²) < 4.78 is 10.6. The number of phenolic OH excluding ortho intramolecular Hbond substituents is 1. The van der Waals surface area contributed by atoms with E-state index in [2.05, 4.69) is 32.9 Å². The number of rotatable bonds is 11. The van der Waals surface area contributed by atoms with Crippen LogP contribution in [0.1, 0.15) is 73.4 Å². The number of ether oxygens (including phenoxy) is 2. The highest BCUT2D eigenvalue weighted by Gasteiger charge is 2.11. The Bertz CT molecular complexity index is 1790. The van der Waals surface area contributed by atoms with Crippen LogP contribution in [0.3, 0.4) is 0 Å². The van der Waals surface area contributed by atoms with Crippen molar-refractivity contribution in [2.45, 2.75) is 53.8 Å². The summed E-state index contributed by atoms with van der Waals surface area (Å²) in [4.78, 5) is 35.4. The first-order chi connectivity index (χ1) is 24.4. The molecule has 4 rings (SSSR count). The lowest BCUT2D eigenvalue weighted by atomic mass is 10.0. The fourth-order valence-corrected chi connectivity index (χ4v) is 3.53. The monoisotopic (exact) mass is 702 g/mol. The van der Waals surface area contributed by atoms with Gasteiger partial charge in [0.15, 0.2) is 11.6 Å². The fraction of sp³-hybridized carbons (Fsp3) is 0.178. The molecule has 0 aliphatic heterocycles. The van der Waals surface area contributed by atoms with E-state index in [-0.39, 0.29) is 35.3 Å². The van der Waals surface area contributed by atoms with Gasteiger partial charge in [0.25, 0.3) is 0 Å². The third-order valence-corrected chi connectivity index (χ3v) is 7.17. The van der Waals surface area contributed by atoms with Gasteiger partial charge in [-0.2, -0.15) is 0 Å². The second kappa shape index (κ2) is 22.6. The van der Waals surface area contributed by atoms with Gasteiger partial charge >= 0.3 is 5.97 Å². The van der Waals surface area contributed by atoms with Gasteiger partial charge in [-0.1, -0.05) is 105 Å². The number of hydrogen-bond donors (Lipinski definition) is 2. The number of benzene rings is 4. The highest BCUT2D eigenvalue weighted by molar-refractivity contribution is 6.09. The standard InChI is InChI=1S/C17H14O3.C13H10O2.C10H18O.C5H8O/c1-12(2)17(19)20-15-10-8-14(9-11-15)16(18)13-6-4-3-5-7-13;14-12-8-6-11(7-9-12)13(15)10-4-2-1-3-5-10;1-7(2)9(5)11-10(6)8(3)4;1-4(2)5(3)6/h3-11H,1H2,2H3;1-9,14H;9-10H,1,3H2,2,4-6H3;6H,1,3H2,2H3. The molecule has 0 saturated heterocycles. The highest BCUT2D eigenvalue weighted by atomic mass is 16.5. The Hall–Kier alpha value is -6.05. The average Bonchev–Trinajstić information content (AvgIpc) is 3.13. The van der Waals surface area contributed by atoms with Gasteiger partial charge in [-0.3, -0.25) is 9.59 Å². The van der Waals surface area contributed by atoms with Crippen molar-refractivity contribution in [2.24, 2.45) is 0 Å². The van der Waals surface area contributed by atoms with Crippen LogP contribution < -0.4 is 4.74 Å². The molecule has 272 valence electrons. The highest BCUT2D eigenvalue weighted by Crippen LogP contribution is 2.17. The van der Waals surface area contributed by atoms with Crippen LogP contribution in [-0.4, -0.2) is 40.0 Å². The molecule has 2 N–H and O–H groups in total. The SMILES string of the molecule is C=C(C)C(=C)O.C=C(C)C(=O)Oc1ccc(C(=O)c2ccccc2)cc1.C=C(C)C(C)OC(C)C(=C)C.O=C(c1ccccc1)c1ccc(O)cc1. The van der Waals surface area contributed by atoms with E-state index in [1.54, 1.807) is 74.5 Å². The molecule has 7 nitrogen and oxygen atoms in total. The Morgan fingerprint density at radius 1 is 0.538 bits per heavy atom. The number of allylic oxidation sites excluding steroid dienone is 1. The van der Waals surface area contributed by atoms with Crippen molar-refractivity contribution >= 4 is 17.5 Å². The van der Waals surface area contributed by atoms with E-state index in [9.17, 15) is 14.4 Å². The van der Waals surface area contributed by atoms with Gasteiger partial charge in [-0.05, 0) is 95.6 Å². The van der Waals surface area contributed by atoms with Crippen molar-refractivity contribution in [1.82, 2.24) is 0 Å². The number of aliphatic hydroxyl groups excluding tert-OH is 1. The Balaban J connectivity index is 0.000000375. The van der Waals surface area contributed by atoms with Crippen LogP contribution in [0.5, 0.6) is 11.5 Å². The Labute approximate surface area is 308 Å². The third-order valence-electron chi connectivity index (χ3n) is 7.17. The predicted molar refractivity (Wildman–Crippen MR) is 211 cm³/mol. The number of carbonyl (C=O) groups is 3. The van der Waals surface area contributed by atoms with Crippen LogP contribution in [0.4, 0.5) is 0 Å². The van der Waals surface area contributed by atoms with Gasteiger partial charge in [0.05, 0.1) is 12.2 Å². The number of aromatic hydroxyl groups is 1. The smallest absolute Gasteiger partial charge is 0.338 e. The van der Waals surface area contributed by atoms with E-state index in [0.29, 0.717) is 39.1 Å². The summed E-state index contributed by atoms with van der Waals surface area (Å²) in [5.74, 6) is 0.0448. The van der Waals surface area contributed by atoms with E-state index in [0.717, 1.165) is 11.1 Å². The van der Waals surface area contributed by atoms with Crippen molar-refractivity contribution in [3.8, 4) is 11.5 Å². The second-order valence-corrected chi connectivity index (χ2v) is 12.0. The van der Waals surface area contributed by atoms with Gasteiger partial charge in [0, 0.05) is 27.8 Å². The van der Waals surface area contributed by atoms with Crippen molar-refractivity contribution in [3.05, 3.63) is 192 Å². The van der Waals surface area contributed by atoms with Crippen LogP contribution >= 0.6 is 0 Å². The Morgan fingerprint density at radius 2 is 0.865 bits per heavy atom. The normalized spacial score (nSPS) is 10.8. The van der Waals surface area contributed by atoms with Crippen LogP contribution in [0.2, 0.25) is 0 Å². The summed E-state index contributed by atoms with van der Waals surface area (Å²) in [5.41, 5.74) is 5.47. The average molecular weight is 703 g/mol. The van der Waals surface area contributed by atoms with Gasteiger partial charge in [0.1, 0.15) is 17.3 Å². The third kappa shape index (κ3) is 16.6. The van der Waals surface area contributed by atoms with Crippen molar-refractivity contribution in [2.75, 3.05) is 0 Å². The summed E-state index contributed by atoms with van der Waals surface area (Å²) in [6.07, 6.45) is 0.253. The maximum absolute atomic E-state index is 12.2. The van der Waals surface area contributed by atoms with Gasteiger partial charge < -0.3 is 19.7 Å². The molecular weight excluding hydrogens is 652 g/mol. The predicted octanol–water partition coefficient (Wildman–Crippen LogP) is 10.6. The maximum atomic E-state index is 12.2. The van der Waals surface area contributed by atoms with E-state index in [4.69, 9.17) is 19.7 Å². The molecule has 52 heavy (non-hydrogen) atoms. The van der Waals surface area contributed by atoms with Crippen molar-refractivity contribution < 1.29 is 34.1 Å². The van der Waals surface area contributed by atoms with E-state index in [1.165, 1.54) is 12.1 Å². The molecule has 0 aliphatic rings. The number of hydrogen-bond acceptors (Lipinski definition) is 7. The summed E-state index contributed by atoms with van der Waals surface area (Å²) >= 11 is 0. The molecule has 0 amide bonds. The molecule has 2 atom stereocenters. The molecular formula is C45H50O7. The van der Waals surface area contributed by atoms with Gasteiger partial charge in [0.2, 0.25) is 0 Å². The molecule has 0 fully saturated rings. The molecule has 0 spiro atoms. The largest absolute Gasteiger partial charge is 0.508 e. The lowest BCUT2D eigenvalue weighted by Gasteiger charge is -2.19. The molecule has 2 unspecified atom stereocenters. The van der Waals surface area contributed by atoms with Gasteiger partial charge in [-0.25, -0.2) is 4.79 Å². The summed E-state index contributed by atoms with van der Waals surface area (Å²) in [6.45, 7) is 29.0. The molecule has 0 saturated carbocycles. The lowest BCUT2D eigenvalue weighted by molar-refractivity contribution is -0.130. The summed E-state index contributed by atoms with van der Waals surface area (Å²) in [6, 6.07) is 30.8. The number of phenols is 1. The fourth-order valence-electron chi connectivity index (χ4n) is 3.53. The lowest BCUT2D eigenvalue weighted by Crippen LogP contribution is -2.18. The zero-order valence-electron chi connectivity index (χ0n) is 31.0. The van der Waals surface area contributed by atoms with E-state index in [1.807, 2.05) is 64.1 Å². The quantitative estimate of drug-likeness (QED) is 0.0304. The molecule has 4 aromatic carbocycles. The second-order valence-electron chi connectivity index (χ2n) is 12.0. The zero-order chi connectivity index (χ0) is 39.4. The van der Waals surface area contributed by atoms with Crippen molar-refractivity contribution in [3.63, 3.8) is 0 Å². The molecule has 7 heteroatoms. The Morgan fingerprint density at radius 3 is 1.17 bits per heavy atom. The minimum Gasteiger partial charge on any atom is -0.508 e. The topological polar surface area (TPSA) is 110 Å². The van der Waals surface area contributed by atoms with E-state index < -0.39 is 5.97 Å². The minimum atomic E-state index is -0.480. The summed E-state index contributed by atoms with van der Waals surface area (Å²) in [7, 11) is 0. The zero-order valence-corrected chi connectivity index (χ0v) is 31.0. The maximum Gasteiger partial charge on any atom is 0.338 e. The molecule has 0 aromatic heterocycles. The van der Waals surface area contributed by atoms with Crippen molar-refractivity contribution in [1.29, 1.82) is 0 Å². The van der Waals surface area contributed by atoms with Crippen LogP contribution in [-0.2, 0) is 9.53 Å². The molecule has 0 heterocycles. The molecule has 0 radical (unpaired) electrons. The van der Waals surface area contributed by atoms with Crippen LogP contribution in [0, 0.1) is 0 Å². The first kappa shape index (κ1) is 44.0. The van der Waals surface area contributed by atoms with Crippen LogP contribution in [0.15, 0.2) is 170 Å². The van der Waals surface area contributed by atoms with Gasteiger partial charge in [-0.15, -0.1) is 0 Å². The van der Waals surface area contributed by atoms with Crippen LogP contribution in [0.25, 0.3) is 0 Å². The summed E-state index contributed by atoms with van der Waals surface area (Å²) in [5, 5.41) is 17.4. The number of esters is 1. The number of ketones is 2. The first-order valence-corrected chi connectivity index (χ1v) is 16.4. The molecule has 4 aromatic rings. The first-order valence-electron chi connectivity index (χ1n) is 16.4. The van der Waals surface area contributed by atoms with E-state index >= 15 is 0 Å². The minimum absolute atomic E-state index is 0.0319. The number of carbonyl (C=O) groups excluding carboxylic acids is 3. The Kier molecular flexibility index (Phi) is 19.1. The number of aliphatic hydroxyl groups is 1. The molecule has 0 aliphatic carbocycles.